The molecule has 0 aliphatic carbocycles. The van der Waals surface area contributed by atoms with Gasteiger partial charge in [0.25, 0.3) is 5.91 Å². The number of carbonyl (C=O) groups excluding carboxylic acids is 1. The van der Waals surface area contributed by atoms with Crippen molar-refractivity contribution in [2.75, 3.05) is 26.2 Å². The predicted molar refractivity (Wildman–Crippen MR) is 91.3 cm³/mol. The summed E-state index contributed by atoms with van der Waals surface area (Å²) in [4.78, 5) is 21.2. The van der Waals surface area contributed by atoms with Gasteiger partial charge in [0.1, 0.15) is 0 Å². The molecule has 5 heteroatoms. The zero-order valence-corrected chi connectivity index (χ0v) is 13.7. The molecule has 0 spiro atoms. The largest absolute Gasteiger partial charge is 0.336 e. The Hall–Kier alpha value is -2.71. The molecule has 1 unspecified atom stereocenters. The van der Waals surface area contributed by atoms with Crippen LogP contribution in [-0.2, 0) is 0 Å². The normalized spacial score (nSPS) is 16.4. The minimum absolute atomic E-state index is 0.0321. The monoisotopic (exact) mass is 320 g/mol. The van der Waals surface area contributed by atoms with Gasteiger partial charge in [-0.15, -0.1) is 0 Å². The van der Waals surface area contributed by atoms with Crippen molar-refractivity contribution in [3.63, 3.8) is 0 Å². The Bertz CT molecular complexity index is 728. The van der Waals surface area contributed by atoms with E-state index in [0.717, 1.165) is 18.8 Å². The van der Waals surface area contributed by atoms with Gasteiger partial charge in [-0.05, 0) is 43.3 Å². The maximum absolute atomic E-state index is 12.6. The third-order valence-electron chi connectivity index (χ3n) is 4.53. The fourth-order valence-electron chi connectivity index (χ4n) is 2.99. The average molecular weight is 320 g/mol. The van der Waals surface area contributed by atoms with Crippen molar-refractivity contribution in [2.24, 2.45) is 0 Å². The van der Waals surface area contributed by atoms with Gasteiger partial charge in [0.05, 0.1) is 17.3 Å². The summed E-state index contributed by atoms with van der Waals surface area (Å²) in [6.07, 6.45) is 1.82. The van der Waals surface area contributed by atoms with Crippen molar-refractivity contribution in [3.8, 4) is 6.07 Å². The molecule has 1 aromatic heterocycles. The summed E-state index contributed by atoms with van der Waals surface area (Å²) < 4.78 is 0. The third kappa shape index (κ3) is 3.44. The van der Waals surface area contributed by atoms with Crippen LogP contribution < -0.4 is 0 Å². The summed E-state index contributed by atoms with van der Waals surface area (Å²) in [5.41, 5.74) is 2.27. The molecule has 5 nitrogen and oxygen atoms in total. The molecule has 1 aliphatic rings. The fourth-order valence-corrected chi connectivity index (χ4v) is 2.99. The summed E-state index contributed by atoms with van der Waals surface area (Å²) in [6.45, 7) is 5.23. The van der Waals surface area contributed by atoms with E-state index in [0.29, 0.717) is 24.2 Å². The highest BCUT2D eigenvalue weighted by Crippen LogP contribution is 2.20. The molecule has 1 fully saturated rings. The third-order valence-corrected chi connectivity index (χ3v) is 4.53. The number of amides is 1. The highest BCUT2D eigenvalue weighted by Gasteiger charge is 2.25. The Morgan fingerprint density at radius 2 is 1.83 bits per heavy atom. The van der Waals surface area contributed by atoms with Gasteiger partial charge in [-0.2, -0.15) is 5.26 Å². The van der Waals surface area contributed by atoms with Crippen LogP contribution in [0.1, 0.15) is 34.6 Å². The standard InChI is InChI=1S/C19H20N4O/c1-15(18-4-2-3-9-21-18)22-10-12-23(13-11-22)19(24)17-7-5-16(14-20)6-8-17/h2-9,15H,10-13H2,1H3. The molecule has 0 saturated carbocycles. The van der Waals surface area contributed by atoms with Crippen LogP contribution in [0.5, 0.6) is 0 Å². The molecule has 24 heavy (non-hydrogen) atoms. The highest BCUT2D eigenvalue weighted by molar-refractivity contribution is 5.94. The lowest BCUT2D eigenvalue weighted by atomic mass is 10.1. The first-order valence-corrected chi connectivity index (χ1v) is 8.13. The lowest BCUT2D eigenvalue weighted by Crippen LogP contribution is -2.49. The van der Waals surface area contributed by atoms with E-state index in [-0.39, 0.29) is 11.9 Å². The van der Waals surface area contributed by atoms with Crippen LogP contribution in [0.4, 0.5) is 0 Å². The first kappa shape index (κ1) is 16.2. The topological polar surface area (TPSA) is 60.2 Å². The van der Waals surface area contributed by atoms with E-state index in [2.05, 4.69) is 22.9 Å². The van der Waals surface area contributed by atoms with Crippen LogP contribution in [0.3, 0.4) is 0 Å². The molecule has 1 amide bonds. The van der Waals surface area contributed by atoms with Crippen molar-refractivity contribution < 1.29 is 4.79 Å². The second kappa shape index (κ2) is 7.24. The Balaban J connectivity index is 1.60. The second-order valence-electron chi connectivity index (χ2n) is 5.95. The summed E-state index contributed by atoms with van der Waals surface area (Å²) in [7, 11) is 0. The molecule has 1 aromatic carbocycles. The predicted octanol–water partition coefficient (Wildman–Crippen LogP) is 2.47. The Morgan fingerprint density at radius 1 is 1.12 bits per heavy atom. The number of carbonyl (C=O) groups is 1. The molecule has 2 heterocycles. The van der Waals surface area contributed by atoms with Crippen LogP contribution in [0.2, 0.25) is 0 Å². The summed E-state index contributed by atoms with van der Waals surface area (Å²) in [5.74, 6) is 0.0321. The van der Waals surface area contributed by atoms with E-state index in [1.807, 2.05) is 29.3 Å². The van der Waals surface area contributed by atoms with Gasteiger partial charge >= 0.3 is 0 Å². The van der Waals surface area contributed by atoms with Gasteiger partial charge in [0.2, 0.25) is 0 Å². The Morgan fingerprint density at radius 3 is 2.42 bits per heavy atom. The fraction of sp³-hybridized carbons (Fsp3) is 0.316. The molecule has 0 N–H and O–H groups in total. The van der Waals surface area contributed by atoms with Crippen LogP contribution >= 0.6 is 0 Å². The van der Waals surface area contributed by atoms with Crippen LogP contribution in [0.25, 0.3) is 0 Å². The number of rotatable bonds is 3. The molecular weight excluding hydrogens is 300 g/mol. The van der Waals surface area contributed by atoms with Crippen LogP contribution in [0, 0.1) is 11.3 Å². The average Bonchev–Trinajstić information content (AvgIpc) is 2.68. The molecule has 1 aliphatic heterocycles. The number of nitrogens with zero attached hydrogens (tertiary/aromatic N) is 4. The summed E-state index contributed by atoms with van der Waals surface area (Å²) in [5, 5.41) is 8.83. The first-order valence-electron chi connectivity index (χ1n) is 8.13. The zero-order chi connectivity index (χ0) is 16.9. The van der Waals surface area contributed by atoms with Crippen LogP contribution in [0.15, 0.2) is 48.7 Å². The van der Waals surface area contributed by atoms with E-state index in [1.54, 1.807) is 24.3 Å². The first-order chi connectivity index (χ1) is 11.7. The lowest BCUT2D eigenvalue weighted by Gasteiger charge is -2.37. The molecular formula is C19H20N4O. The smallest absolute Gasteiger partial charge is 0.253 e. The Labute approximate surface area is 142 Å². The van der Waals surface area contributed by atoms with Gasteiger partial charge < -0.3 is 4.90 Å². The summed E-state index contributed by atoms with van der Waals surface area (Å²) in [6, 6.07) is 15.1. The maximum Gasteiger partial charge on any atom is 0.253 e. The number of aromatic nitrogens is 1. The van der Waals surface area contributed by atoms with Crippen molar-refractivity contribution in [1.82, 2.24) is 14.8 Å². The van der Waals surface area contributed by atoms with E-state index in [9.17, 15) is 4.79 Å². The molecule has 1 saturated heterocycles. The number of piperazine rings is 1. The van der Waals surface area contributed by atoms with E-state index < -0.39 is 0 Å². The lowest BCUT2D eigenvalue weighted by molar-refractivity contribution is 0.0579. The van der Waals surface area contributed by atoms with Crippen molar-refractivity contribution in [1.29, 1.82) is 5.26 Å². The Kier molecular flexibility index (Phi) is 4.88. The van der Waals surface area contributed by atoms with Gasteiger partial charge in [-0.1, -0.05) is 6.07 Å². The van der Waals surface area contributed by atoms with Crippen molar-refractivity contribution in [3.05, 3.63) is 65.5 Å². The molecule has 3 rings (SSSR count). The number of hydrogen-bond donors (Lipinski definition) is 0. The number of hydrogen-bond acceptors (Lipinski definition) is 4. The molecule has 0 radical (unpaired) electrons. The van der Waals surface area contributed by atoms with E-state index in [4.69, 9.17) is 5.26 Å². The van der Waals surface area contributed by atoms with Crippen molar-refractivity contribution >= 4 is 5.91 Å². The van der Waals surface area contributed by atoms with Crippen molar-refractivity contribution in [2.45, 2.75) is 13.0 Å². The molecule has 2 aromatic rings. The maximum atomic E-state index is 12.6. The second-order valence-corrected chi connectivity index (χ2v) is 5.95. The van der Waals surface area contributed by atoms with E-state index >= 15 is 0 Å². The van der Waals surface area contributed by atoms with Gasteiger partial charge in [0, 0.05) is 44.0 Å². The molecule has 122 valence electrons. The van der Waals surface area contributed by atoms with Gasteiger partial charge in [-0.3, -0.25) is 14.7 Å². The SMILES string of the molecule is CC(c1ccccn1)N1CCN(C(=O)c2ccc(C#N)cc2)CC1. The zero-order valence-electron chi connectivity index (χ0n) is 13.7. The van der Waals surface area contributed by atoms with Gasteiger partial charge in [-0.25, -0.2) is 0 Å². The highest BCUT2D eigenvalue weighted by atomic mass is 16.2. The quantitative estimate of drug-likeness (QED) is 0.872. The summed E-state index contributed by atoms with van der Waals surface area (Å²) >= 11 is 0. The molecule has 1 atom stereocenters. The number of nitriles is 1. The molecule has 0 bridgehead atoms. The number of benzene rings is 1. The van der Waals surface area contributed by atoms with E-state index in [1.165, 1.54) is 0 Å². The number of pyridine rings is 1. The minimum atomic E-state index is 0.0321. The van der Waals surface area contributed by atoms with Gasteiger partial charge in [0.15, 0.2) is 0 Å². The minimum Gasteiger partial charge on any atom is -0.336 e. The van der Waals surface area contributed by atoms with Crippen LogP contribution in [-0.4, -0.2) is 46.9 Å².